The lowest BCUT2D eigenvalue weighted by Gasteiger charge is -2.56. The lowest BCUT2D eigenvalue weighted by atomic mass is 9.49. The minimum Gasteiger partial charge on any atom is -0.392 e. The van der Waals surface area contributed by atoms with E-state index in [-0.39, 0.29) is 23.4 Å². The Balaban J connectivity index is 1.37. The fraction of sp³-hybridized carbons (Fsp3) is 0.583. The Kier molecular flexibility index (Phi) is 4.54. The molecule has 5 heteroatoms. The van der Waals surface area contributed by atoms with Crippen LogP contribution in [0.4, 0.5) is 5.69 Å². The lowest BCUT2D eigenvalue weighted by Crippen LogP contribution is -2.47. The molecule has 1 amide bonds. The van der Waals surface area contributed by atoms with Crippen molar-refractivity contribution in [1.29, 1.82) is 0 Å². The number of hydrogen-bond donors (Lipinski definition) is 2. The average Bonchev–Trinajstić information content (AvgIpc) is 2.62. The highest BCUT2D eigenvalue weighted by Gasteiger charge is 2.51. The van der Waals surface area contributed by atoms with Crippen LogP contribution in [0.5, 0.6) is 0 Å². The fourth-order valence-electron chi connectivity index (χ4n) is 6.90. The van der Waals surface area contributed by atoms with Crippen molar-refractivity contribution in [1.82, 2.24) is 4.57 Å². The second-order valence-electron chi connectivity index (χ2n) is 10.0. The Morgan fingerprint density at radius 3 is 2.41 bits per heavy atom. The van der Waals surface area contributed by atoms with Crippen LogP contribution in [-0.4, -0.2) is 21.7 Å². The Hall–Kier alpha value is -2.14. The molecule has 1 aromatic carbocycles. The fourth-order valence-corrected chi connectivity index (χ4v) is 6.90. The monoisotopic (exact) mass is 394 g/mol. The van der Waals surface area contributed by atoms with Crippen LogP contribution in [-0.2, 0) is 11.3 Å². The van der Waals surface area contributed by atoms with E-state index >= 15 is 0 Å². The van der Waals surface area contributed by atoms with Crippen LogP contribution in [0.25, 0.3) is 10.8 Å². The minimum absolute atomic E-state index is 0.0765. The van der Waals surface area contributed by atoms with E-state index in [4.69, 9.17) is 0 Å². The van der Waals surface area contributed by atoms with Gasteiger partial charge in [-0.1, -0.05) is 6.07 Å². The van der Waals surface area contributed by atoms with Crippen LogP contribution in [0.1, 0.15) is 51.9 Å². The first-order valence-electron chi connectivity index (χ1n) is 11.0. The standard InChI is InChI=1S/C24H30N2O3/c1-15(27)14-26-6-5-19-20(23(26)29)3-2-4-21(19)25-22(28)13-24-10-16-7-17(11-24)9-18(8-16)12-24/h2-6,15-18,27H,7-14H2,1H3,(H,25,28). The first-order valence-corrected chi connectivity index (χ1v) is 11.0. The van der Waals surface area contributed by atoms with E-state index in [0.717, 1.165) is 23.1 Å². The molecule has 154 valence electrons. The quantitative estimate of drug-likeness (QED) is 0.807. The zero-order chi connectivity index (χ0) is 20.2. The van der Waals surface area contributed by atoms with Crippen molar-refractivity contribution >= 4 is 22.4 Å². The van der Waals surface area contributed by atoms with E-state index in [2.05, 4.69) is 5.32 Å². The van der Waals surface area contributed by atoms with Gasteiger partial charge in [0.05, 0.1) is 12.6 Å². The van der Waals surface area contributed by atoms with Crippen molar-refractivity contribution in [2.24, 2.45) is 23.2 Å². The molecule has 1 unspecified atom stereocenters. The molecule has 6 rings (SSSR count). The van der Waals surface area contributed by atoms with E-state index < -0.39 is 6.10 Å². The number of pyridine rings is 1. The number of hydrogen-bond acceptors (Lipinski definition) is 3. The molecule has 4 saturated carbocycles. The average molecular weight is 395 g/mol. The van der Waals surface area contributed by atoms with Crippen LogP contribution in [0, 0.1) is 23.2 Å². The number of aliphatic hydroxyl groups is 1. The highest BCUT2D eigenvalue weighted by Crippen LogP contribution is 2.61. The predicted octanol–water partition coefficient (Wildman–Crippen LogP) is 3.93. The zero-order valence-corrected chi connectivity index (χ0v) is 17.1. The number of amides is 1. The van der Waals surface area contributed by atoms with Gasteiger partial charge in [-0.05, 0) is 86.8 Å². The summed E-state index contributed by atoms with van der Waals surface area (Å²) in [5.41, 5.74) is 0.770. The van der Waals surface area contributed by atoms with Crippen molar-refractivity contribution in [2.75, 3.05) is 5.32 Å². The molecule has 0 aliphatic heterocycles. The summed E-state index contributed by atoms with van der Waals surface area (Å²) in [5.74, 6) is 2.57. The third-order valence-corrected chi connectivity index (χ3v) is 7.45. The molecule has 0 radical (unpaired) electrons. The first-order chi connectivity index (χ1) is 13.9. The molecule has 29 heavy (non-hydrogen) atoms. The molecule has 4 bridgehead atoms. The third-order valence-electron chi connectivity index (χ3n) is 7.45. The van der Waals surface area contributed by atoms with Crippen molar-refractivity contribution in [3.63, 3.8) is 0 Å². The third kappa shape index (κ3) is 3.50. The van der Waals surface area contributed by atoms with E-state index in [1.165, 1.54) is 43.1 Å². The maximum atomic E-state index is 13.0. The van der Waals surface area contributed by atoms with Crippen molar-refractivity contribution < 1.29 is 9.90 Å². The van der Waals surface area contributed by atoms with E-state index in [0.29, 0.717) is 17.5 Å². The summed E-state index contributed by atoms with van der Waals surface area (Å²) in [5, 5.41) is 14.1. The number of benzene rings is 1. The van der Waals surface area contributed by atoms with Crippen LogP contribution in [0.3, 0.4) is 0 Å². The van der Waals surface area contributed by atoms with Crippen molar-refractivity contribution in [3.05, 3.63) is 40.8 Å². The maximum absolute atomic E-state index is 13.0. The first kappa shape index (κ1) is 18.9. The Labute approximate surface area is 171 Å². The second kappa shape index (κ2) is 6.98. The van der Waals surface area contributed by atoms with Gasteiger partial charge in [0.1, 0.15) is 0 Å². The number of nitrogens with zero attached hydrogens (tertiary/aromatic N) is 1. The van der Waals surface area contributed by atoms with Gasteiger partial charge < -0.3 is 15.0 Å². The smallest absolute Gasteiger partial charge is 0.258 e. The molecule has 1 aromatic heterocycles. The SMILES string of the molecule is CC(O)Cn1ccc2c(NC(=O)CC34CC5CC(CC(C5)C3)C4)cccc2c1=O. The summed E-state index contributed by atoms with van der Waals surface area (Å²) in [4.78, 5) is 25.8. The van der Waals surface area contributed by atoms with Gasteiger partial charge in [-0.3, -0.25) is 9.59 Å². The van der Waals surface area contributed by atoms with Gasteiger partial charge in [-0.2, -0.15) is 0 Å². The molecule has 2 N–H and O–H groups in total. The Bertz CT molecular complexity index is 972. The molecule has 1 atom stereocenters. The van der Waals surface area contributed by atoms with Gasteiger partial charge in [0.15, 0.2) is 0 Å². The number of aromatic nitrogens is 1. The number of aliphatic hydroxyl groups excluding tert-OH is 1. The van der Waals surface area contributed by atoms with E-state index in [1.54, 1.807) is 19.2 Å². The molecule has 0 saturated heterocycles. The summed E-state index contributed by atoms with van der Waals surface area (Å²) in [6.45, 7) is 1.93. The molecular weight excluding hydrogens is 364 g/mol. The topological polar surface area (TPSA) is 71.3 Å². The number of anilines is 1. The minimum atomic E-state index is -0.590. The van der Waals surface area contributed by atoms with Gasteiger partial charge in [-0.15, -0.1) is 0 Å². The molecule has 2 aromatic rings. The predicted molar refractivity (Wildman–Crippen MR) is 114 cm³/mol. The van der Waals surface area contributed by atoms with Gasteiger partial charge >= 0.3 is 0 Å². The molecule has 1 heterocycles. The molecule has 4 aliphatic rings. The molecule has 5 nitrogen and oxygen atoms in total. The van der Waals surface area contributed by atoms with Crippen LogP contribution in [0.2, 0.25) is 0 Å². The number of fused-ring (bicyclic) bond motifs is 1. The zero-order valence-electron chi connectivity index (χ0n) is 17.1. The summed E-state index contributed by atoms with van der Waals surface area (Å²) < 4.78 is 1.52. The molecule has 4 fully saturated rings. The number of carbonyl (C=O) groups is 1. The Morgan fingerprint density at radius 1 is 1.14 bits per heavy atom. The Morgan fingerprint density at radius 2 is 1.79 bits per heavy atom. The largest absolute Gasteiger partial charge is 0.392 e. The van der Waals surface area contributed by atoms with E-state index in [9.17, 15) is 14.7 Å². The second-order valence-corrected chi connectivity index (χ2v) is 10.0. The van der Waals surface area contributed by atoms with Gasteiger partial charge in [0.2, 0.25) is 5.91 Å². The van der Waals surface area contributed by atoms with Crippen LogP contribution >= 0.6 is 0 Å². The molecule has 4 aliphatic carbocycles. The summed E-state index contributed by atoms with van der Waals surface area (Å²) >= 11 is 0. The molecular formula is C24H30N2O3. The van der Waals surface area contributed by atoms with Crippen molar-refractivity contribution in [3.8, 4) is 0 Å². The molecule has 0 spiro atoms. The van der Waals surface area contributed by atoms with Gasteiger partial charge in [0.25, 0.3) is 5.56 Å². The van der Waals surface area contributed by atoms with Crippen LogP contribution in [0.15, 0.2) is 35.3 Å². The van der Waals surface area contributed by atoms with E-state index in [1.807, 2.05) is 18.2 Å². The number of nitrogens with one attached hydrogen (secondary N) is 1. The highest BCUT2D eigenvalue weighted by molar-refractivity contribution is 6.02. The van der Waals surface area contributed by atoms with Gasteiger partial charge in [-0.25, -0.2) is 0 Å². The lowest BCUT2D eigenvalue weighted by molar-refractivity contribution is -0.124. The highest BCUT2D eigenvalue weighted by atomic mass is 16.3. The number of rotatable bonds is 5. The normalized spacial score (nSPS) is 31.2. The summed E-state index contributed by atoms with van der Waals surface area (Å²) in [6, 6.07) is 7.33. The van der Waals surface area contributed by atoms with Crippen molar-refractivity contribution in [2.45, 2.75) is 64.5 Å². The van der Waals surface area contributed by atoms with Crippen LogP contribution < -0.4 is 10.9 Å². The number of carbonyl (C=O) groups excluding carboxylic acids is 1. The maximum Gasteiger partial charge on any atom is 0.258 e. The summed E-state index contributed by atoms with van der Waals surface area (Å²) in [6.07, 6.45) is 9.49. The van der Waals surface area contributed by atoms with Gasteiger partial charge in [0, 0.05) is 29.1 Å². The summed E-state index contributed by atoms with van der Waals surface area (Å²) in [7, 11) is 0.